The number of rotatable bonds is 24. The summed E-state index contributed by atoms with van der Waals surface area (Å²) >= 11 is 0. The number of likely N-dealkylation sites (tertiary alicyclic amines) is 2. The van der Waals surface area contributed by atoms with Crippen molar-refractivity contribution in [2.45, 2.75) is 108 Å². The molecular weight excluding hydrogens is 1140 g/mol. The fraction of sp³-hybridized carbons (Fsp3) is 0.492. The summed E-state index contributed by atoms with van der Waals surface area (Å²) in [6.45, 7) is 6.20. The number of piperidine rings is 3. The Balaban J connectivity index is 0.638. The standard InChI is InChI=1S/C63H79FN16O9/c1-4-89-57(86)37-68-53(82)36-67-54(83)39-80-49-12-8-11-46(47-33-50-43(32-48(47)64)34-70-75(50)3)58(49)59(73-80)42-22-28-77(29-23-42)56(85)19-18-52(81)66-24-7-5-6-13-55(84)76-26-20-41(21-27-76)40-14-16-44(17-15-40)71-62-60(61(65)87)69-35-51(72-62)78-25-9-10-45(38-78)79-31-30-74(2)63(79)88/h8,11-12,14-17,32-35,41-42,45H,4-7,9-10,13,18-31,36-39H2,1-3H3,(H2,65,87)(H,66,81)(H,67,83)(H,68,82)(H,71,72)/t45-/m1/s1. The molecular formula is C63H79FN16O9. The molecule has 0 radical (unpaired) electrons. The maximum absolute atomic E-state index is 16.0. The molecule has 1 atom stereocenters. The van der Waals surface area contributed by atoms with Crippen molar-refractivity contribution >= 4 is 86.6 Å². The number of nitrogens with two attached hydrogens (primary N) is 1. The number of aryl methyl sites for hydroxylation is 1. The lowest BCUT2D eigenvalue weighted by Gasteiger charge is -2.37. The number of nitrogens with zero attached hydrogens (tertiary/aromatic N) is 11. The number of primary amides is 1. The Kier molecular flexibility index (Phi) is 20.3. The summed E-state index contributed by atoms with van der Waals surface area (Å²) in [6.07, 6.45) is 10.4. The minimum atomic E-state index is -0.693. The number of esters is 1. The van der Waals surface area contributed by atoms with Gasteiger partial charge >= 0.3 is 12.0 Å². The van der Waals surface area contributed by atoms with Gasteiger partial charge in [-0.15, -0.1) is 0 Å². The van der Waals surface area contributed by atoms with Crippen molar-refractivity contribution in [2.75, 3.05) is 95.9 Å². The van der Waals surface area contributed by atoms with E-state index in [0.717, 1.165) is 55.4 Å². The lowest BCUT2D eigenvalue weighted by atomic mass is 9.88. The third-order valence-electron chi connectivity index (χ3n) is 17.5. The SMILES string of the molecule is CCOC(=O)CNC(=O)CNC(=O)Cn1nc(C2CCN(C(=O)CCC(=O)NCCCCCC(=O)N3CCC(c4ccc(Nc5nc(N6CCC[C@@H](N7CCN(C)C7=O)C6)cnc5C(N)=O)cc4)CC3)CC2)c2c(-c3cc4c(cnn4C)cc3F)cccc21. The van der Waals surface area contributed by atoms with Gasteiger partial charge in [0, 0.05) is 120 Å². The highest BCUT2D eigenvalue weighted by Crippen LogP contribution is 2.40. The average Bonchev–Trinajstić information content (AvgIpc) is 2.10. The van der Waals surface area contributed by atoms with Crippen LogP contribution in [0.25, 0.3) is 32.9 Å². The molecule has 7 heterocycles. The van der Waals surface area contributed by atoms with E-state index in [1.807, 2.05) is 41.1 Å². The number of ether oxygens (including phenoxy) is 1. The van der Waals surface area contributed by atoms with Crippen LogP contribution in [0.4, 0.5) is 26.5 Å². The van der Waals surface area contributed by atoms with Crippen molar-refractivity contribution in [1.82, 2.24) is 65.1 Å². The van der Waals surface area contributed by atoms with Crippen molar-refractivity contribution in [1.29, 1.82) is 0 Å². The van der Waals surface area contributed by atoms with Gasteiger partial charge in [0.1, 0.15) is 24.7 Å². The molecule has 0 aliphatic carbocycles. The molecule has 25 nitrogen and oxygen atoms in total. The maximum atomic E-state index is 16.0. The Hall–Kier alpha value is -9.23. The first-order valence-corrected chi connectivity index (χ1v) is 30.9. The lowest BCUT2D eigenvalue weighted by molar-refractivity contribution is -0.143. The van der Waals surface area contributed by atoms with Gasteiger partial charge in [-0.25, -0.2) is 19.2 Å². The second-order valence-corrected chi connectivity index (χ2v) is 23.4. The first kappa shape index (κ1) is 62.8. The number of hydrogen-bond acceptors (Lipinski definition) is 15. The molecule has 6 N–H and O–H groups in total. The summed E-state index contributed by atoms with van der Waals surface area (Å²) in [5.41, 5.74) is 10.5. The zero-order valence-corrected chi connectivity index (χ0v) is 50.8. The zero-order valence-electron chi connectivity index (χ0n) is 50.8. The van der Waals surface area contributed by atoms with Crippen LogP contribution in [0.2, 0.25) is 0 Å². The number of carbonyl (C=O) groups is 8. The number of carbonyl (C=O) groups excluding carboxylic acids is 8. The summed E-state index contributed by atoms with van der Waals surface area (Å²) in [5, 5.41) is 21.8. The number of fused-ring (bicyclic) bond motifs is 2. The van der Waals surface area contributed by atoms with E-state index in [9.17, 15) is 38.4 Å². The molecule has 0 spiro atoms. The molecule has 3 aromatic carbocycles. The van der Waals surface area contributed by atoms with Crippen LogP contribution in [-0.4, -0.2) is 188 Å². The highest BCUT2D eigenvalue weighted by Gasteiger charge is 2.36. The van der Waals surface area contributed by atoms with E-state index in [1.165, 1.54) is 10.7 Å². The van der Waals surface area contributed by atoms with Crippen molar-refractivity contribution in [3.8, 4) is 11.1 Å². The number of urea groups is 1. The Morgan fingerprint density at radius 3 is 2.18 bits per heavy atom. The summed E-state index contributed by atoms with van der Waals surface area (Å²) in [5.74, 6) is -2.06. The van der Waals surface area contributed by atoms with Gasteiger partial charge in [0.15, 0.2) is 11.5 Å². The highest BCUT2D eigenvalue weighted by atomic mass is 19.1. The van der Waals surface area contributed by atoms with Gasteiger partial charge in [0.25, 0.3) is 5.91 Å². The molecule has 26 heteroatoms. The van der Waals surface area contributed by atoms with Crippen LogP contribution in [0.1, 0.15) is 118 Å². The van der Waals surface area contributed by atoms with Crippen molar-refractivity contribution in [3.63, 3.8) is 0 Å². The van der Waals surface area contributed by atoms with Crippen molar-refractivity contribution < 1.29 is 47.5 Å². The fourth-order valence-corrected chi connectivity index (χ4v) is 12.6. The van der Waals surface area contributed by atoms with E-state index in [1.54, 1.807) is 53.0 Å². The quantitative estimate of drug-likeness (QED) is 0.0391. The summed E-state index contributed by atoms with van der Waals surface area (Å²) in [7, 11) is 3.60. The van der Waals surface area contributed by atoms with Crippen LogP contribution < -0.4 is 31.9 Å². The number of hydrogen-bond donors (Lipinski definition) is 5. The minimum Gasteiger partial charge on any atom is -0.465 e. The molecule has 0 bridgehead atoms. The van der Waals surface area contributed by atoms with Crippen LogP contribution in [0.3, 0.4) is 0 Å². The van der Waals surface area contributed by atoms with E-state index < -0.39 is 29.5 Å². The predicted octanol–water partition coefficient (Wildman–Crippen LogP) is 5.06. The number of amides is 8. The van der Waals surface area contributed by atoms with Gasteiger partial charge in [-0.2, -0.15) is 10.2 Å². The minimum absolute atomic E-state index is 0.0365. The van der Waals surface area contributed by atoms with Crippen LogP contribution in [-0.2, 0) is 47.1 Å². The Labute approximate surface area is 515 Å². The van der Waals surface area contributed by atoms with Gasteiger partial charge in [-0.3, -0.25) is 42.9 Å². The van der Waals surface area contributed by atoms with Crippen LogP contribution in [0, 0.1) is 5.82 Å². The largest absolute Gasteiger partial charge is 0.465 e. The lowest BCUT2D eigenvalue weighted by Crippen LogP contribution is -2.49. The second kappa shape index (κ2) is 28.7. The zero-order chi connectivity index (χ0) is 62.7. The Morgan fingerprint density at radius 1 is 0.730 bits per heavy atom. The third-order valence-corrected chi connectivity index (χ3v) is 17.5. The molecule has 10 rings (SSSR count). The molecule has 3 aromatic heterocycles. The summed E-state index contributed by atoms with van der Waals surface area (Å²) in [6, 6.07) is 16.7. The molecule has 4 fully saturated rings. The molecule has 6 aromatic rings. The van der Waals surface area contributed by atoms with Crippen LogP contribution >= 0.6 is 0 Å². The van der Waals surface area contributed by atoms with Crippen LogP contribution in [0.5, 0.6) is 0 Å². The molecule has 4 aliphatic heterocycles. The topological polar surface area (TPSA) is 298 Å². The van der Waals surface area contributed by atoms with Gasteiger partial charge in [0.2, 0.25) is 29.5 Å². The number of aromatic nitrogens is 6. The van der Waals surface area contributed by atoms with Crippen molar-refractivity contribution in [2.24, 2.45) is 12.8 Å². The second-order valence-electron chi connectivity index (χ2n) is 23.4. The number of nitrogens with one attached hydrogen (secondary N) is 4. The normalized spacial score (nSPS) is 16.7. The van der Waals surface area contributed by atoms with E-state index in [0.29, 0.717) is 123 Å². The molecule has 4 saturated heterocycles. The molecule has 4 aliphatic rings. The maximum Gasteiger partial charge on any atom is 0.325 e. The van der Waals surface area contributed by atoms with E-state index in [2.05, 4.69) is 48.4 Å². The molecule has 0 saturated carbocycles. The number of halogens is 1. The van der Waals surface area contributed by atoms with Gasteiger partial charge in [-0.1, -0.05) is 30.7 Å². The Morgan fingerprint density at radius 2 is 1.46 bits per heavy atom. The van der Waals surface area contributed by atoms with E-state index in [-0.39, 0.29) is 92.2 Å². The molecule has 8 amide bonds. The molecule has 472 valence electrons. The highest BCUT2D eigenvalue weighted by molar-refractivity contribution is 6.00. The van der Waals surface area contributed by atoms with Gasteiger partial charge in [-0.05, 0) is 106 Å². The first-order valence-electron chi connectivity index (χ1n) is 30.9. The molecule has 89 heavy (non-hydrogen) atoms. The average molecular weight is 1220 g/mol. The number of likely N-dealkylation sites (N-methyl/N-ethyl adjacent to an activating group) is 1. The summed E-state index contributed by atoms with van der Waals surface area (Å²) in [4.78, 5) is 121. The van der Waals surface area contributed by atoms with Gasteiger partial charge in [0.05, 0.1) is 48.3 Å². The van der Waals surface area contributed by atoms with E-state index >= 15 is 4.39 Å². The Bertz CT molecular complexity index is 3600. The molecule has 0 unspecified atom stereocenters. The number of anilines is 3. The van der Waals surface area contributed by atoms with E-state index in [4.69, 9.17) is 20.6 Å². The predicted molar refractivity (Wildman–Crippen MR) is 330 cm³/mol. The number of unbranched alkanes of at least 4 members (excludes halogenated alkanes) is 2. The monoisotopic (exact) mass is 1220 g/mol. The first-order chi connectivity index (χ1) is 43.0. The third kappa shape index (κ3) is 15.2. The number of benzene rings is 3. The van der Waals surface area contributed by atoms with Crippen LogP contribution in [0.15, 0.2) is 67.0 Å². The van der Waals surface area contributed by atoms with Gasteiger partial charge < -0.3 is 56.2 Å². The smallest absolute Gasteiger partial charge is 0.325 e. The summed E-state index contributed by atoms with van der Waals surface area (Å²) < 4.78 is 24.1. The fourth-order valence-electron chi connectivity index (χ4n) is 12.6. The van der Waals surface area contributed by atoms with Crippen molar-refractivity contribution in [3.05, 3.63) is 89.8 Å².